The highest BCUT2D eigenvalue weighted by Gasteiger charge is 2.17. The third kappa shape index (κ3) is 4.44. The number of nitrogens with one attached hydrogen (secondary N) is 2. The Morgan fingerprint density at radius 1 is 1.38 bits per heavy atom. The van der Waals surface area contributed by atoms with Gasteiger partial charge in [0.2, 0.25) is 0 Å². The Bertz CT molecular complexity index is 557. The van der Waals surface area contributed by atoms with Gasteiger partial charge in [0.25, 0.3) is 0 Å². The highest BCUT2D eigenvalue weighted by molar-refractivity contribution is 5.56. The van der Waals surface area contributed by atoms with E-state index in [1.54, 1.807) is 0 Å². The Kier molecular flexibility index (Phi) is 5.20. The molecule has 2 aromatic heterocycles. The first-order valence-electron chi connectivity index (χ1n) is 7.42. The molecule has 0 aliphatic rings. The van der Waals surface area contributed by atoms with E-state index in [9.17, 15) is 0 Å². The number of aromatic nitrogens is 2. The van der Waals surface area contributed by atoms with E-state index in [1.807, 2.05) is 25.3 Å². The van der Waals surface area contributed by atoms with Crippen molar-refractivity contribution in [2.24, 2.45) is 5.41 Å². The fourth-order valence-corrected chi connectivity index (χ4v) is 2.41. The van der Waals surface area contributed by atoms with Crippen LogP contribution in [0.5, 0.6) is 0 Å². The van der Waals surface area contributed by atoms with Gasteiger partial charge in [-0.25, -0.2) is 0 Å². The zero-order chi connectivity index (χ0) is 15.3. The smallest absolute Gasteiger partial charge is 0.152 e. The Hall–Kier alpha value is -1.59. The summed E-state index contributed by atoms with van der Waals surface area (Å²) in [6.45, 7) is 8.25. The first-order valence-corrected chi connectivity index (χ1v) is 7.42. The Balaban J connectivity index is 1.91. The van der Waals surface area contributed by atoms with E-state index in [2.05, 4.69) is 29.4 Å². The normalized spacial score (nSPS) is 12.0. The molecule has 0 fully saturated rings. The maximum atomic E-state index is 8.93. The number of nitrogens with zero attached hydrogens (tertiary/aromatic N) is 1. The lowest BCUT2D eigenvalue weighted by molar-refractivity contribution is 0.236. The van der Waals surface area contributed by atoms with Gasteiger partial charge in [0, 0.05) is 25.3 Å². The Morgan fingerprint density at radius 3 is 2.86 bits per heavy atom. The molecule has 0 amide bonds. The second kappa shape index (κ2) is 6.91. The SMILES string of the molecule is Cc1ccc(-c2[nH]ncc2CNCC(C)(C)CCCO)o1. The van der Waals surface area contributed by atoms with Crippen molar-refractivity contribution in [1.29, 1.82) is 0 Å². The van der Waals surface area contributed by atoms with Crippen LogP contribution in [0.3, 0.4) is 0 Å². The molecule has 0 bridgehead atoms. The summed E-state index contributed by atoms with van der Waals surface area (Å²) in [7, 11) is 0. The molecule has 116 valence electrons. The summed E-state index contributed by atoms with van der Waals surface area (Å²) >= 11 is 0. The van der Waals surface area contributed by atoms with Crippen LogP contribution in [0.4, 0.5) is 0 Å². The second-order valence-corrected chi connectivity index (χ2v) is 6.28. The summed E-state index contributed by atoms with van der Waals surface area (Å²) in [5, 5.41) is 19.5. The van der Waals surface area contributed by atoms with Gasteiger partial charge in [-0.1, -0.05) is 13.8 Å². The van der Waals surface area contributed by atoms with Gasteiger partial charge >= 0.3 is 0 Å². The van der Waals surface area contributed by atoms with Crippen molar-refractivity contribution in [3.63, 3.8) is 0 Å². The van der Waals surface area contributed by atoms with Crippen molar-refractivity contribution in [2.75, 3.05) is 13.2 Å². The molecular formula is C16H25N3O2. The summed E-state index contributed by atoms with van der Waals surface area (Å²) < 4.78 is 5.64. The lowest BCUT2D eigenvalue weighted by atomic mass is 9.88. The summed E-state index contributed by atoms with van der Waals surface area (Å²) in [5.41, 5.74) is 2.21. The molecule has 0 aliphatic heterocycles. The Labute approximate surface area is 125 Å². The lowest BCUT2D eigenvalue weighted by Crippen LogP contribution is -2.29. The van der Waals surface area contributed by atoms with Gasteiger partial charge in [-0.3, -0.25) is 5.10 Å². The molecule has 0 saturated carbocycles. The molecule has 5 nitrogen and oxygen atoms in total. The molecule has 2 rings (SSSR count). The number of H-pyrrole nitrogens is 1. The van der Waals surface area contributed by atoms with Crippen molar-refractivity contribution >= 4 is 0 Å². The maximum Gasteiger partial charge on any atom is 0.152 e. The maximum absolute atomic E-state index is 8.93. The number of furan rings is 1. The zero-order valence-corrected chi connectivity index (χ0v) is 13.1. The number of hydrogen-bond acceptors (Lipinski definition) is 4. The molecule has 2 heterocycles. The summed E-state index contributed by atoms with van der Waals surface area (Å²) in [6, 6.07) is 3.91. The summed E-state index contributed by atoms with van der Waals surface area (Å²) in [5.74, 6) is 1.71. The van der Waals surface area contributed by atoms with Crippen LogP contribution in [-0.2, 0) is 6.54 Å². The fraction of sp³-hybridized carbons (Fsp3) is 0.562. The molecule has 5 heteroatoms. The standard InChI is InChI=1S/C16H25N3O2/c1-12-5-6-14(21-12)15-13(10-18-19-15)9-17-11-16(2,3)7-4-8-20/h5-6,10,17,20H,4,7-9,11H2,1-3H3,(H,18,19). The van der Waals surface area contributed by atoms with Crippen LogP contribution in [0.25, 0.3) is 11.5 Å². The molecule has 2 aromatic rings. The predicted octanol–water partition coefficient (Wildman–Crippen LogP) is 2.87. The van der Waals surface area contributed by atoms with Crippen LogP contribution in [-0.4, -0.2) is 28.5 Å². The van der Waals surface area contributed by atoms with E-state index >= 15 is 0 Å². The molecule has 0 atom stereocenters. The minimum atomic E-state index is 0.175. The quantitative estimate of drug-likeness (QED) is 0.699. The average molecular weight is 291 g/mol. The number of aliphatic hydroxyl groups excluding tert-OH is 1. The summed E-state index contributed by atoms with van der Waals surface area (Å²) in [4.78, 5) is 0. The van der Waals surface area contributed by atoms with Gasteiger partial charge < -0.3 is 14.8 Å². The van der Waals surface area contributed by atoms with Crippen molar-refractivity contribution in [1.82, 2.24) is 15.5 Å². The molecule has 21 heavy (non-hydrogen) atoms. The zero-order valence-electron chi connectivity index (χ0n) is 13.1. The van der Waals surface area contributed by atoms with Crippen LogP contribution in [0, 0.1) is 12.3 Å². The van der Waals surface area contributed by atoms with Gasteiger partial charge in [-0.05, 0) is 37.3 Å². The third-order valence-electron chi connectivity index (χ3n) is 3.64. The van der Waals surface area contributed by atoms with E-state index in [0.717, 1.165) is 48.7 Å². The lowest BCUT2D eigenvalue weighted by Gasteiger charge is -2.24. The van der Waals surface area contributed by atoms with Crippen molar-refractivity contribution in [2.45, 2.75) is 40.2 Å². The third-order valence-corrected chi connectivity index (χ3v) is 3.64. The highest BCUT2D eigenvalue weighted by Crippen LogP contribution is 2.24. The second-order valence-electron chi connectivity index (χ2n) is 6.28. The molecule has 3 N–H and O–H groups in total. The van der Waals surface area contributed by atoms with Crippen LogP contribution in [0.2, 0.25) is 0 Å². The molecule has 0 spiro atoms. The Morgan fingerprint density at radius 2 is 2.19 bits per heavy atom. The van der Waals surface area contributed by atoms with Crippen LogP contribution >= 0.6 is 0 Å². The predicted molar refractivity (Wildman–Crippen MR) is 82.8 cm³/mol. The van der Waals surface area contributed by atoms with Gasteiger partial charge in [-0.2, -0.15) is 5.10 Å². The van der Waals surface area contributed by atoms with E-state index in [0.29, 0.717) is 0 Å². The molecule has 0 aliphatic carbocycles. The minimum Gasteiger partial charge on any atom is -0.460 e. The van der Waals surface area contributed by atoms with Crippen molar-refractivity contribution < 1.29 is 9.52 Å². The fourth-order valence-electron chi connectivity index (χ4n) is 2.41. The van der Waals surface area contributed by atoms with Crippen LogP contribution < -0.4 is 5.32 Å². The topological polar surface area (TPSA) is 74.1 Å². The molecule has 0 unspecified atom stereocenters. The van der Waals surface area contributed by atoms with E-state index in [1.165, 1.54) is 0 Å². The summed E-state index contributed by atoms with van der Waals surface area (Å²) in [6.07, 6.45) is 3.68. The van der Waals surface area contributed by atoms with E-state index in [-0.39, 0.29) is 12.0 Å². The highest BCUT2D eigenvalue weighted by atomic mass is 16.3. The number of aliphatic hydroxyl groups is 1. The van der Waals surface area contributed by atoms with E-state index < -0.39 is 0 Å². The van der Waals surface area contributed by atoms with Gasteiger partial charge in [0.05, 0.1) is 6.20 Å². The average Bonchev–Trinajstić information content (AvgIpc) is 3.05. The monoisotopic (exact) mass is 291 g/mol. The first kappa shape index (κ1) is 15.8. The molecule has 0 radical (unpaired) electrons. The molecule has 0 aromatic carbocycles. The largest absolute Gasteiger partial charge is 0.460 e. The number of aromatic amines is 1. The number of rotatable bonds is 8. The number of hydrogen-bond donors (Lipinski definition) is 3. The van der Waals surface area contributed by atoms with Crippen molar-refractivity contribution in [3.05, 3.63) is 29.7 Å². The van der Waals surface area contributed by atoms with E-state index in [4.69, 9.17) is 9.52 Å². The first-order chi connectivity index (χ1) is 10.0. The van der Waals surface area contributed by atoms with Crippen LogP contribution in [0.1, 0.15) is 38.0 Å². The minimum absolute atomic E-state index is 0.175. The van der Waals surface area contributed by atoms with Gasteiger partial charge in [0.1, 0.15) is 11.5 Å². The van der Waals surface area contributed by atoms with Crippen LogP contribution in [0.15, 0.2) is 22.7 Å². The van der Waals surface area contributed by atoms with Gasteiger partial charge in [0.15, 0.2) is 5.76 Å². The number of aryl methyl sites for hydroxylation is 1. The molecular weight excluding hydrogens is 266 g/mol. The van der Waals surface area contributed by atoms with Gasteiger partial charge in [-0.15, -0.1) is 0 Å². The molecule has 0 saturated heterocycles. The van der Waals surface area contributed by atoms with Crippen molar-refractivity contribution in [3.8, 4) is 11.5 Å².